The third-order valence-corrected chi connectivity index (χ3v) is 3.31. The van der Waals surface area contributed by atoms with Gasteiger partial charge in [0.25, 0.3) is 0 Å². The normalized spacial score (nSPS) is 10.4. The van der Waals surface area contributed by atoms with Gasteiger partial charge in [0.05, 0.1) is 12.1 Å². The van der Waals surface area contributed by atoms with E-state index in [1.807, 2.05) is 0 Å². The van der Waals surface area contributed by atoms with Crippen molar-refractivity contribution in [2.75, 3.05) is 20.1 Å². The Kier molecular flexibility index (Phi) is 5.89. The van der Waals surface area contributed by atoms with Crippen molar-refractivity contribution in [3.8, 4) is 11.5 Å². The van der Waals surface area contributed by atoms with Crippen molar-refractivity contribution in [1.29, 1.82) is 0 Å². The maximum Gasteiger partial charge on any atom is 0.317 e. The van der Waals surface area contributed by atoms with E-state index in [4.69, 9.17) is 9.52 Å². The van der Waals surface area contributed by atoms with Crippen LogP contribution in [0, 0.1) is 5.82 Å². The SMILES string of the molecule is CN(CCC(=O)O)C(=O)NCCc1coc(-c2ccc(F)cc2)n1. The summed E-state index contributed by atoms with van der Waals surface area (Å²) in [5.74, 6) is -0.902. The average molecular weight is 335 g/mol. The van der Waals surface area contributed by atoms with Gasteiger partial charge in [0, 0.05) is 32.1 Å². The third kappa shape index (κ3) is 5.08. The summed E-state index contributed by atoms with van der Waals surface area (Å²) in [7, 11) is 1.53. The zero-order valence-electron chi connectivity index (χ0n) is 13.2. The molecule has 2 rings (SSSR count). The molecule has 7 nitrogen and oxygen atoms in total. The van der Waals surface area contributed by atoms with E-state index in [0.29, 0.717) is 30.1 Å². The summed E-state index contributed by atoms with van der Waals surface area (Å²) in [4.78, 5) is 27.8. The number of benzene rings is 1. The Labute approximate surface area is 138 Å². The molecule has 0 radical (unpaired) electrons. The second-order valence-electron chi connectivity index (χ2n) is 5.20. The minimum atomic E-state index is -0.953. The molecule has 1 heterocycles. The van der Waals surface area contributed by atoms with Gasteiger partial charge in [-0.1, -0.05) is 0 Å². The molecule has 0 spiro atoms. The lowest BCUT2D eigenvalue weighted by Crippen LogP contribution is -2.39. The lowest BCUT2D eigenvalue weighted by molar-refractivity contribution is -0.137. The first kappa shape index (κ1) is 17.5. The highest BCUT2D eigenvalue weighted by Gasteiger charge is 2.11. The van der Waals surface area contributed by atoms with Crippen molar-refractivity contribution >= 4 is 12.0 Å². The molecule has 2 amide bonds. The predicted molar refractivity (Wildman–Crippen MR) is 83.9 cm³/mol. The van der Waals surface area contributed by atoms with Gasteiger partial charge in [-0.15, -0.1) is 0 Å². The molecule has 0 saturated heterocycles. The molecular formula is C16H18FN3O4. The van der Waals surface area contributed by atoms with E-state index >= 15 is 0 Å². The van der Waals surface area contributed by atoms with Crippen molar-refractivity contribution in [3.63, 3.8) is 0 Å². The van der Waals surface area contributed by atoms with Crippen LogP contribution in [0.2, 0.25) is 0 Å². The Balaban J connectivity index is 1.80. The van der Waals surface area contributed by atoms with Crippen LogP contribution in [0.1, 0.15) is 12.1 Å². The Morgan fingerprint density at radius 1 is 1.33 bits per heavy atom. The number of rotatable bonds is 7. The van der Waals surface area contributed by atoms with Gasteiger partial charge in [-0.25, -0.2) is 14.2 Å². The summed E-state index contributed by atoms with van der Waals surface area (Å²) in [6.45, 7) is 0.478. The Bertz CT molecular complexity index is 700. The quantitative estimate of drug-likeness (QED) is 0.808. The highest BCUT2D eigenvalue weighted by molar-refractivity contribution is 5.75. The molecule has 1 aromatic carbocycles. The van der Waals surface area contributed by atoms with Crippen molar-refractivity contribution in [3.05, 3.63) is 42.0 Å². The van der Waals surface area contributed by atoms with Crippen LogP contribution in [-0.2, 0) is 11.2 Å². The number of aromatic nitrogens is 1. The van der Waals surface area contributed by atoms with E-state index in [2.05, 4.69) is 10.3 Å². The van der Waals surface area contributed by atoms with Gasteiger partial charge >= 0.3 is 12.0 Å². The molecule has 0 aliphatic carbocycles. The maximum absolute atomic E-state index is 12.9. The van der Waals surface area contributed by atoms with E-state index in [1.165, 1.54) is 30.3 Å². The predicted octanol–water partition coefficient (Wildman–Crippen LogP) is 2.14. The van der Waals surface area contributed by atoms with E-state index < -0.39 is 5.97 Å². The van der Waals surface area contributed by atoms with Crippen molar-refractivity contribution in [1.82, 2.24) is 15.2 Å². The number of oxazole rings is 1. The highest BCUT2D eigenvalue weighted by atomic mass is 19.1. The molecule has 0 unspecified atom stereocenters. The van der Waals surface area contributed by atoms with Crippen molar-refractivity contribution < 1.29 is 23.5 Å². The van der Waals surface area contributed by atoms with Gasteiger partial charge in [-0.2, -0.15) is 0 Å². The number of halogens is 1. The minimum absolute atomic E-state index is 0.103. The lowest BCUT2D eigenvalue weighted by atomic mass is 10.2. The number of carbonyl (C=O) groups is 2. The molecule has 2 aromatic rings. The van der Waals surface area contributed by atoms with Crippen LogP contribution in [0.15, 0.2) is 34.9 Å². The Hall–Kier alpha value is -2.90. The van der Waals surface area contributed by atoms with Crippen LogP contribution in [0.5, 0.6) is 0 Å². The van der Waals surface area contributed by atoms with Gasteiger partial charge in [-0.05, 0) is 24.3 Å². The largest absolute Gasteiger partial charge is 0.481 e. The number of nitrogens with one attached hydrogen (secondary N) is 1. The van der Waals surface area contributed by atoms with E-state index in [0.717, 1.165) is 0 Å². The monoisotopic (exact) mass is 335 g/mol. The zero-order chi connectivity index (χ0) is 17.5. The molecule has 0 aliphatic heterocycles. The molecule has 1 aromatic heterocycles. The Morgan fingerprint density at radius 2 is 2.04 bits per heavy atom. The minimum Gasteiger partial charge on any atom is -0.481 e. The molecule has 0 atom stereocenters. The molecular weight excluding hydrogens is 317 g/mol. The molecule has 2 N–H and O–H groups in total. The van der Waals surface area contributed by atoms with Crippen molar-refractivity contribution in [2.45, 2.75) is 12.8 Å². The standard InChI is InChI=1S/C16H18FN3O4/c1-20(9-7-14(21)22)16(23)18-8-6-13-10-24-15(19-13)11-2-4-12(17)5-3-11/h2-5,10H,6-9H2,1H3,(H,18,23)(H,21,22). The second kappa shape index (κ2) is 8.09. The first-order chi connectivity index (χ1) is 11.5. The van der Waals surface area contributed by atoms with Crippen LogP contribution in [0.3, 0.4) is 0 Å². The first-order valence-electron chi connectivity index (χ1n) is 7.37. The first-order valence-corrected chi connectivity index (χ1v) is 7.37. The number of hydrogen-bond acceptors (Lipinski definition) is 4. The molecule has 24 heavy (non-hydrogen) atoms. The maximum atomic E-state index is 12.9. The zero-order valence-corrected chi connectivity index (χ0v) is 13.2. The van der Waals surface area contributed by atoms with Crippen LogP contribution in [0.4, 0.5) is 9.18 Å². The van der Waals surface area contributed by atoms with Gasteiger partial charge in [0.15, 0.2) is 0 Å². The lowest BCUT2D eigenvalue weighted by Gasteiger charge is -2.16. The molecule has 0 bridgehead atoms. The summed E-state index contributed by atoms with van der Waals surface area (Å²) in [5.41, 5.74) is 1.32. The fraction of sp³-hybridized carbons (Fsp3) is 0.312. The Morgan fingerprint density at radius 3 is 2.71 bits per heavy atom. The highest BCUT2D eigenvalue weighted by Crippen LogP contribution is 2.18. The molecule has 0 aliphatic rings. The number of carboxylic acid groups (broad SMARTS) is 1. The van der Waals surface area contributed by atoms with Crippen LogP contribution >= 0.6 is 0 Å². The smallest absolute Gasteiger partial charge is 0.317 e. The second-order valence-corrected chi connectivity index (χ2v) is 5.20. The third-order valence-electron chi connectivity index (χ3n) is 3.31. The number of carbonyl (C=O) groups excluding carboxylic acids is 1. The summed E-state index contributed by atoms with van der Waals surface area (Å²) in [6, 6.07) is 5.45. The summed E-state index contributed by atoms with van der Waals surface area (Å²) in [5, 5.41) is 11.3. The van der Waals surface area contributed by atoms with Crippen LogP contribution < -0.4 is 5.32 Å². The van der Waals surface area contributed by atoms with Gasteiger partial charge in [0.1, 0.15) is 12.1 Å². The summed E-state index contributed by atoms with van der Waals surface area (Å²) in [6.07, 6.45) is 1.84. The van der Waals surface area contributed by atoms with Gasteiger partial charge < -0.3 is 19.7 Å². The fourth-order valence-corrected chi connectivity index (χ4v) is 1.94. The number of urea groups is 1. The number of carboxylic acids is 1. The summed E-state index contributed by atoms with van der Waals surface area (Å²) >= 11 is 0. The van der Waals surface area contributed by atoms with Crippen LogP contribution in [0.25, 0.3) is 11.5 Å². The van der Waals surface area contributed by atoms with E-state index in [9.17, 15) is 14.0 Å². The molecule has 128 valence electrons. The summed E-state index contributed by atoms with van der Waals surface area (Å²) < 4.78 is 18.2. The van der Waals surface area contributed by atoms with E-state index in [-0.39, 0.29) is 24.8 Å². The van der Waals surface area contributed by atoms with Crippen LogP contribution in [-0.4, -0.2) is 47.1 Å². The molecule has 0 saturated carbocycles. The molecule has 0 fully saturated rings. The number of nitrogens with zero attached hydrogens (tertiary/aromatic N) is 2. The average Bonchev–Trinajstić information content (AvgIpc) is 3.02. The number of amides is 2. The van der Waals surface area contributed by atoms with E-state index in [1.54, 1.807) is 12.1 Å². The topological polar surface area (TPSA) is 95.7 Å². The number of aliphatic carboxylic acids is 1. The molecule has 8 heteroatoms. The fourth-order valence-electron chi connectivity index (χ4n) is 1.94. The van der Waals surface area contributed by atoms with Gasteiger partial charge in [-0.3, -0.25) is 4.79 Å². The van der Waals surface area contributed by atoms with Crippen molar-refractivity contribution in [2.24, 2.45) is 0 Å². The van der Waals surface area contributed by atoms with Gasteiger partial charge in [0.2, 0.25) is 5.89 Å². The number of hydrogen-bond donors (Lipinski definition) is 2.